The molecule has 4 nitrogen and oxygen atoms in total. The van der Waals surface area contributed by atoms with Gasteiger partial charge in [0, 0.05) is 19.4 Å². The van der Waals surface area contributed by atoms with Crippen LogP contribution in [-0.4, -0.2) is 35.4 Å². The van der Waals surface area contributed by atoms with Crippen molar-refractivity contribution >= 4 is 11.7 Å². The molecule has 2 rings (SSSR count). The van der Waals surface area contributed by atoms with Crippen molar-refractivity contribution in [2.75, 3.05) is 7.05 Å². The van der Waals surface area contributed by atoms with Crippen molar-refractivity contribution in [3.8, 4) is 0 Å². The normalized spacial score (nSPS) is 27.9. The molecule has 2 unspecified atom stereocenters. The van der Waals surface area contributed by atoms with E-state index in [4.69, 9.17) is 14.7 Å². The standard InChI is InChI=1S/C23H41N3O/c1-7-9-11-13-15-20-17-21(16-14-12-10-8-2)27-23(20,5)22-24-18(3)26(6)19(4)25-22/h17-18,20H,7-16H2,1-6H3/t18?,20?,23-/m0/s1. The van der Waals surface area contributed by atoms with Crippen LogP contribution in [-0.2, 0) is 4.74 Å². The molecule has 0 saturated carbocycles. The third kappa shape index (κ3) is 5.58. The number of unbranched alkanes of at least 4 members (excludes halogenated alkanes) is 6. The summed E-state index contributed by atoms with van der Waals surface area (Å²) in [6.45, 7) is 10.9. The van der Waals surface area contributed by atoms with Crippen molar-refractivity contribution in [3.63, 3.8) is 0 Å². The number of nitrogens with zero attached hydrogens (tertiary/aromatic N) is 3. The van der Waals surface area contributed by atoms with E-state index in [9.17, 15) is 0 Å². The van der Waals surface area contributed by atoms with Crippen LogP contribution in [0.3, 0.4) is 0 Å². The lowest BCUT2D eigenvalue weighted by molar-refractivity contribution is 0.0627. The summed E-state index contributed by atoms with van der Waals surface area (Å²) >= 11 is 0. The third-order valence-corrected chi connectivity index (χ3v) is 6.17. The SMILES string of the molecule is CCCCCCC1=CC(CCCCCC)[C@@](C)(C2=NC(C)N(C)C(C)=N2)O1. The maximum atomic E-state index is 6.57. The van der Waals surface area contributed by atoms with Gasteiger partial charge in [-0.15, -0.1) is 0 Å². The van der Waals surface area contributed by atoms with Crippen molar-refractivity contribution < 1.29 is 4.74 Å². The van der Waals surface area contributed by atoms with Gasteiger partial charge in [0.1, 0.15) is 12.0 Å². The lowest BCUT2D eigenvalue weighted by Crippen LogP contribution is -2.46. The van der Waals surface area contributed by atoms with E-state index in [1.165, 1.54) is 51.4 Å². The fourth-order valence-electron chi connectivity index (χ4n) is 4.02. The highest BCUT2D eigenvalue weighted by molar-refractivity contribution is 6.02. The van der Waals surface area contributed by atoms with Crippen LogP contribution in [0.4, 0.5) is 0 Å². The number of amidine groups is 2. The van der Waals surface area contributed by atoms with Crippen LogP contribution >= 0.6 is 0 Å². The Morgan fingerprint density at radius 1 is 1.07 bits per heavy atom. The average Bonchev–Trinajstić information content (AvgIpc) is 2.97. The summed E-state index contributed by atoms with van der Waals surface area (Å²) in [6, 6.07) is 0. The minimum absolute atomic E-state index is 0.118. The Kier molecular flexibility index (Phi) is 8.37. The van der Waals surface area contributed by atoms with E-state index < -0.39 is 5.60 Å². The van der Waals surface area contributed by atoms with Gasteiger partial charge in [-0.05, 0) is 39.7 Å². The number of aliphatic imine (C=N–C) groups is 2. The summed E-state index contributed by atoms with van der Waals surface area (Å²) in [6.07, 6.45) is 15.0. The van der Waals surface area contributed by atoms with Gasteiger partial charge in [0.2, 0.25) is 0 Å². The first-order valence-corrected chi connectivity index (χ1v) is 11.2. The van der Waals surface area contributed by atoms with Crippen molar-refractivity contribution in [1.82, 2.24) is 4.90 Å². The molecule has 0 N–H and O–H groups in total. The second kappa shape index (κ2) is 10.3. The van der Waals surface area contributed by atoms with E-state index in [0.29, 0.717) is 5.92 Å². The Morgan fingerprint density at radius 3 is 2.37 bits per heavy atom. The topological polar surface area (TPSA) is 37.2 Å². The fourth-order valence-corrected chi connectivity index (χ4v) is 4.02. The van der Waals surface area contributed by atoms with Gasteiger partial charge >= 0.3 is 0 Å². The number of rotatable bonds is 11. The van der Waals surface area contributed by atoms with Crippen LogP contribution in [0.25, 0.3) is 0 Å². The lowest BCUT2D eigenvalue weighted by Gasteiger charge is -2.36. The molecule has 154 valence electrons. The molecular weight excluding hydrogens is 334 g/mol. The molecule has 0 fully saturated rings. The van der Waals surface area contributed by atoms with Gasteiger partial charge < -0.3 is 9.64 Å². The van der Waals surface area contributed by atoms with Crippen LogP contribution in [0.15, 0.2) is 21.8 Å². The Balaban J connectivity index is 2.12. The molecule has 2 aliphatic rings. The molecule has 0 bridgehead atoms. The Hall–Kier alpha value is -1.32. The minimum atomic E-state index is -0.414. The predicted molar refractivity (Wildman–Crippen MR) is 116 cm³/mol. The van der Waals surface area contributed by atoms with Crippen LogP contribution in [0.5, 0.6) is 0 Å². The van der Waals surface area contributed by atoms with Crippen molar-refractivity contribution in [1.29, 1.82) is 0 Å². The van der Waals surface area contributed by atoms with Gasteiger partial charge in [-0.2, -0.15) is 0 Å². The second-order valence-electron chi connectivity index (χ2n) is 8.46. The third-order valence-electron chi connectivity index (χ3n) is 6.17. The molecule has 2 aliphatic heterocycles. The van der Waals surface area contributed by atoms with E-state index >= 15 is 0 Å². The van der Waals surface area contributed by atoms with Gasteiger partial charge in [-0.3, -0.25) is 0 Å². The summed E-state index contributed by atoms with van der Waals surface area (Å²) in [5.41, 5.74) is -0.414. The predicted octanol–water partition coefficient (Wildman–Crippen LogP) is 6.32. The summed E-state index contributed by atoms with van der Waals surface area (Å²) in [5.74, 6) is 3.45. The molecular formula is C23H41N3O. The van der Waals surface area contributed by atoms with Crippen LogP contribution in [0.1, 0.15) is 98.8 Å². The van der Waals surface area contributed by atoms with E-state index in [1.54, 1.807) is 0 Å². The fraction of sp³-hybridized carbons (Fsp3) is 0.826. The summed E-state index contributed by atoms with van der Waals surface area (Å²) in [5, 5.41) is 0. The second-order valence-corrected chi connectivity index (χ2v) is 8.46. The maximum Gasteiger partial charge on any atom is 0.172 e. The van der Waals surface area contributed by atoms with Crippen LogP contribution in [0, 0.1) is 5.92 Å². The minimum Gasteiger partial charge on any atom is -0.484 e. The number of allylic oxidation sites excluding steroid dienone is 1. The summed E-state index contributed by atoms with van der Waals surface area (Å²) in [4.78, 5) is 11.9. The van der Waals surface area contributed by atoms with Gasteiger partial charge in [-0.1, -0.05) is 58.8 Å². The Labute approximate surface area is 167 Å². The van der Waals surface area contributed by atoms with Crippen LogP contribution in [0.2, 0.25) is 0 Å². The molecule has 0 saturated heterocycles. The number of hydrogen-bond donors (Lipinski definition) is 0. The molecule has 0 amide bonds. The summed E-state index contributed by atoms with van der Waals surface area (Å²) in [7, 11) is 2.06. The maximum absolute atomic E-state index is 6.57. The highest BCUT2D eigenvalue weighted by atomic mass is 16.5. The largest absolute Gasteiger partial charge is 0.484 e. The van der Waals surface area contributed by atoms with Gasteiger partial charge in [-0.25, -0.2) is 9.98 Å². The molecule has 0 aromatic heterocycles. The van der Waals surface area contributed by atoms with Crippen molar-refractivity contribution in [3.05, 3.63) is 11.8 Å². The van der Waals surface area contributed by atoms with Gasteiger partial charge in [0.15, 0.2) is 11.4 Å². The highest BCUT2D eigenvalue weighted by Crippen LogP contribution is 2.41. The molecule has 0 spiro atoms. The zero-order valence-electron chi connectivity index (χ0n) is 18.6. The molecule has 27 heavy (non-hydrogen) atoms. The van der Waals surface area contributed by atoms with E-state index in [0.717, 1.165) is 30.3 Å². The highest BCUT2D eigenvalue weighted by Gasteiger charge is 2.46. The Morgan fingerprint density at radius 2 is 1.74 bits per heavy atom. The molecule has 0 aliphatic carbocycles. The number of ether oxygens (including phenoxy) is 1. The Bertz CT molecular complexity index is 566. The zero-order chi connectivity index (χ0) is 19.9. The molecule has 3 atom stereocenters. The first kappa shape index (κ1) is 22.0. The lowest BCUT2D eigenvalue weighted by atomic mass is 9.84. The average molecular weight is 376 g/mol. The number of hydrogen-bond acceptors (Lipinski definition) is 4. The van der Waals surface area contributed by atoms with E-state index in [1.807, 2.05) is 0 Å². The first-order valence-electron chi connectivity index (χ1n) is 11.2. The van der Waals surface area contributed by atoms with E-state index in [2.05, 4.69) is 52.6 Å². The first-order chi connectivity index (χ1) is 12.9. The molecule has 0 radical (unpaired) electrons. The monoisotopic (exact) mass is 375 g/mol. The van der Waals surface area contributed by atoms with Crippen molar-refractivity contribution in [2.45, 2.75) is 111 Å². The molecule has 2 heterocycles. The molecule has 0 aromatic rings. The molecule has 4 heteroatoms. The van der Waals surface area contributed by atoms with Crippen molar-refractivity contribution in [2.24, 2.45) is 15.9 Å². The summed E-state index contributed by atoms with van der Waals surface area (Å²) < 4.78 is 6.57. The van der Waals surface area contributed by atoms with Crippen LogP contribution < -0.4 is 0 Å². The van der Waals surface area contributed by atoms with Gasteiger partial charge in [0.05, 0.1) is 5.76 Å². The van der Waals surface area contributed by atoms with Gasteiger partial charge in [0.25, 0.3) is 0 Å². The molecule has 0 aromatic carbocycles. The smallest absolute Gasteiger partial charge is 0.172 e. The zero-order valence-corrected chi connectivity index (χ0v) is 18.6. The van der Waals surface area contributed by atoms with E-state index in [-0.39, 0.29) is 6.17 Å². The quantitative estimate of drug-likeness (QED) is 0.396.